The van der Waals surface area contributed by atoms with Gasteiger partial charge in [-0.1, -0.05) is 22.0 Å². The second-order valence-corrected chi connectivity index (χ2v) is 6.23. The molecule has 0 aliphatic carbocycles. The summed E-state index contributed by atoms with van der Waals surface area (Å²) >= 11 is 3.23. The third kappa shape index (κ3) is 3.09. The van der Waals surface area contributed by atoms with Gasteiger partial charge in [-0.05, 0) is 19.1 Å². The molecule has 1 aromatic carbocycles. The van der Waals surface area contributed by atoms with Crippen molar-refractivity contribution in [3.63, 3.8) is 0 Å². The molecule has 3 aromatic rings. The van der Waals surface area contributed by atoms with E-state index in [1.54, 1.807) is 12.1 Å². The van der Waals surface area contributed by atoms with E-state index in [4.69, 9.17) is 5.26 Å². The number of fused-ring (bicyclic) bond motifs is 1. The van der Waals surface area contributed by atoms with Gasteiger partial charge in [0.25, 0.3) is 5.56 Å². The van der Waals surface area contributed by atoms with Crippen molar-refractivity contribution < 1.29 is 4.39 Å². The van der Waals surface area contributed by atoms with Crippen molar-refractivity contribution in [2.75, 3.05) is 0 Å². The lowest BCUT2D eigenvalue weighted by Crippen LogP contribution is -2.22. The Hall–Kier alpha value is -2.50. The highest BCUT2D eigenvalue weighted by Crippen LogP contribution is 2.21. The standard InChI is InChI=1S/C16H13BrFN5O/c1-9(13-3-2-11(17)4-14(13)18)20-8-12-5-15(24)23-16(22-12)10(6-19)7-21-23/h2-5,7,9,20-21H,8H2,1H3. The van der Waals surface area contributed by atoms with Crippen LogP contribution in [0.5, 0.6) is 0 Å². The van der Waals surface area contributed by atoms with Crippen LogP contribution in [0.15, 0.2) is 39.7 Å². The fraction of sp³-hybridized carbons (Fsp3) is 0.188. The monoisotopic (exact) mass is 389 g/mol. The van der Waals surface area contributed by atoms with Crippen molar-refractivity contribution in [3.05, 3.63) is 67.9 Å². The minimum Gasteiger partial charge on any atom is -0.304 e. The lowest BCUT2D eigenvalue weighted by atomic mass is 10.1. The molecule has 0 radical (unpaired) electrons. The molecule has 2 heterocycles. The molecule has 2 N–H and O–H groups in total. The Morgan fingerprint density at radius 2 is 2.29 bits per heavy atom. The Morgan fingerprint density at radius 3 is 3.00 bits per heavy atom. The van der Waals surface area contributed by atoms with E-state index in [2.05, 4.69) is 31.3 Å². The molecule has 2 aromatic heterocycles. The van der Waals surface area contributed by atoms with Gasteiger partial charge in [-0.2, -0.15) is 5.26 Å². The molecule has 122 valence electrons. The van der Waals surface area contributed by atoms with Crippen LogP contribution in [-0.2, 0) is 6.54 Å². The van der Waals surface area contributed by atoms with E-state index < -0.39 is 0 Å². The van der Waals surface area contributed by atoms with E-state index in [1.165, 1.54) is 22.8 Å². The molecule has 0 bridgehead atoms. The maximum atomic E-state index is 14.0. The molecular formula is C16H13BrFN5O. The van der Waals surface area contributed by atoms with Crippen LogP contribution < -0.4 is 10.9 Å². The smallest absolute Gasteiger partial charge is 0.272 e. The van der Waals surface area contributed by atoms with Crippen LogP contribution >= 0.6 is 15.9 Å². The van der Waals surface area contributed by atoms with Gasteiger partial charge in [-0.15, -0.1) is 0 Å². The molecule has 0 aliphatic heterocycles. The fourth-order valence-electron chi connectivity index (χ4n) is 2.42. The highest BCUT2D eigenvalue weighted by Gasteiger charge is 2.13. The summed E-state index contributed by atoms with van der Waals surface area (Å²) in [5, 5.41) is 14.9. The van der Waals surface area contributed by atoms with Gasteiger partial charge in [0, 0.05) is 34.9 Å². The number of nitrogens with one attached hydrogen (secondary N) is 2. The first-order valence-corrected chi connectivity index (χ1v) is 7.97. The molecule has 0 saturated heterocycles. The Balaban J connectivity index is 1.83. The predicted molar refractivity (Wildman–Crippen MR) is 89.9 cm³/mol. The summed E-state index contributed by atoms with van der Waals surface area (Å²) in [6, 6.07) is 7.97. The van der Waals surface area contributed by atoms with E-state index in [0.717, 1.165) is 0 Å². The molecule has 0 amide bonds. The summed E-state index contributed by atoms with van der Waals surface area (Å²) in [7, 11) is 0. The average molecular weight is 390 g/mol. The van der Waals surface area contributed by atoms with Crippen LogP contribution in [0.1, 0.15) is 29.8 Å². The van der Waals surface area contributed by atoms with Gasteiger partial charge in [0.05, 0.1) is 5.69 Å². The number of nitriles is 1. The first-order valence-electron chi connectivity index (χ1n) is 7.18. The van der Waals surface area contributed by atoms with Crippen molar-refractivity contribution in [3.8, 4) is 6.07 Å². The van der Waals surface area contributed by atoms with Gasteiger partial charge < -0.3 is 5.32 Å². The topological polar surface area (TPSA) is 86.0 Å². The lowest BCUT2D eigenvalue weighted by Gasteiger charge is -2.15. The number of halogens is 2. The molecule has 1 unspecified atom stereocenters. The third-order valence-corrected chi connectivity index (χ3v) is 4.18. The molecule has 3 rings (SSSR count). The van der Waals surface area contributed by atoms with E-state index in [-0.39, 0.29) is 29.6 Å². The van der Waals surface area contributed by atoms with Crippen LogP contribution in [0.4, 0.5) is 4.39 Å². The van der Waals surface area contributed by atoms with Crippen molar-refractivity contribution in [2.45, 2.75) is 19.5 Å². The lowest BCUT2D eigenvalue weighted by molar-refractivity contribution is 0.524. The maximum absolute atomic E-state index is 14.0. The average Bonchev–Trinajstić information content (AvgIpc) is 2.96. The highest BCUT2D eigenvalue weighted by atomic mass is 79.9. The summed E-state index contributed by atoms with van der Waals surface area (Å²) in [4.78, 5) is 16.3. The highest BCUT2D eigenvalue weighted by molar-refractivity contribution is 9.10. The van der Waals surface area contributed by atoms with Crippen LogP contribution in [-0.4, -0.2) is 14.6 Å². The van der Waals surface area contributed by atoms with E-state index in [1.807, 2.05) is 13.0 Å². The van der Waals surface area contributed by atoms with Gasteiger partial charge in [0.15, 0.2) is 5.65 Å². The van der Waals surface area contributed by atoms with Gasteiger partial charge >= 0.3 is 0 Å². The minimum absolute atomic E-state index is 0.264. The molecule has 0 spiro atoms. The molecule has 0 aliphatic rings. The Bertz CT molecular complexity index is 1000. The molecule has 24 heavy (non-hydrogen) atoms. The second kappa shape index (κ2) is 6.55. The first kappa shape index (κ1) is 16.4. The first-order chi connectivity index (χ1) is 11.5. The zero-order chi connectivity index (χ0) is 17.3. The summed E-state index contributed by atoms with van der Waals surface area (Å²) < 4.78 is 15.9. The number of aromatic nitrogens is 3. The SMILES string of the molecule is CC(NCc1cc(=O)n2[nH]cc(C#N)c2n1)c1ccc(Br)cc1F. The van der Waals surface area contributed by atoms with E-state index >= 15 is 0 Å². The molecule has 8 heteroatoms. The Kier molecular flexibility index (Phi) is 4.46. The molecular weight excluding hydrogens is 377 g/mol. The minimum atomic E-state index is -0.315. The summed E-state index contributed by atoms with van der Waals surface area (Å²) in [6.45, 7) is 2.10. The fourth-order valence-corrected chi connectivity index (χ4v) is 2.76. The Labute approximate surface area is 145 Å². The molecule has 0 saturated carbocycles. The van der Waals surface area contributed by atoms with Crippen molar-refractivity contribution in [1.29, 1.82) is 5.26 Å². The zero-order valence-corrected chi connectivity index (χ0v) is 14.3. The largest absolute Gasteiger partial charge is 0.304 e. The number of rotatable bonds is 4. The maximum Gasteiger partial charge on any atom is 0.272 e. The number of nitrogens with zero attached hydrogens (tertiary/aromatic N) is 3. The van der Waals surface area contributed by atoms with Crippen LogP contribution in [0, 0.1) is 17.1 Å². The number of aromatic amines is 1. The van der Waals surface area contributed by atoms with Crippen molar-refractivity contribution in [1.82, 2.24) is 19.9 Å². The Morgan fingerprint density at radius 1 is 1.50 bits per heavy atom. The quantitative estimate of drug-likeness (QED) is 0.717. The predicted octanol–water partition coefficient (Wildman–Crippen LogP) is 2.65. The van der Waals surface area contributed by atoms with Crippen LogP contribution in [0.25, 0.3) is 5.65 Å². The number of hydrogen-bond acceptors (Lipinski definition) is 4. The van der Waals surface area contributed by atoms with Gasteiger partial charge in [-0.25, -0.2) is 13.9 Å². The number of hydrogen-bond donors (Lipinski definition) is 2. The van der Waals surface area contributed by atoms with Gasteiger partial charge in [0.2, 0.25) is 0 Å². The van der Waals surface area contributed by atoms with Crippen LogP contribution in [0.3, 0.4) is 0 Å². The van der Waals surface area contributed by atoms with Gasteiger partial charge in [0.1, 0.15) is 17.4 Å². The summed E-state index contributed by atoms with van der Waals surface area (Å²) in [6.07, 6.45) is 1.43. The number of benzene rings is 1. The molecule has 1 atom stereocenters. The van der Waals surface area contributed by atoms with Gasteiger partial charge in [-0.3, -0.25) is 9.89 Å². The molecule has 6 nitrogen and oxygen atoms in total. The van der Waals surface area contributed by atoms with Crippen molar-refractivity contribution in [2.24, 2.45) is 0 Å². The third-order valence-electron chi connectivity index (χ3n) is 3.69. The van der Waals surface area contributed by atoms with Crippen molar-refractivity contribution >= 4 is 21.6 Å². The number of H-pyrrole nitrogens is 1. The molecule has 0 fully saturated rings. The second-order valence-electron chi connectivity index (χ2n) is 5.31. The normalized spacial score (nSPS) is 12.2. The van der Waals surface area contributed by atoms with E-state index in [0.29, 0.717) is 21.3 Å². The zero-order valence-electron chi connectivity index (χ0n) is 12.7. The summed E-state index contributed by atoms with van der Waals surface area (Å²) in [5.74, 6) is -0.315. The van der Waals surface area contributed by atoms with Crippen LogP contribution in [0.2, 0.25) is 0 Å². The van der Waals surface area contributed by atoms with E-state index in [9.17, 15) is 9.18 Å². The summed E-state index contributed by atoms with van der Waals surface area (Å²) in [5.41, 5.74) is 1.28.